The Morgan fingerprint density at radius 3 is 2.81 bits per heavy atom. The van der Waals surface area contributed by atoms with Gasteiger partial charge in [0.25, 0.3) is 0 Å². The van der Waals surface area contributed by atoms with Crippen molar-refractivity contribution in [3.8, 4) is 0 Å². The van der Waals surface area contributed by atoms with Crippen molar-refractivity contribution in [3.05, 3.63) is 24.0 Å². The number of hydrogen-bond donors (Lipinski definition) is 1. The summed E-state index contributed by atoms with van der Waals surface area (Å²) < 4.78 is 0. The van der Waals surface area contributed by atoms with Gasteiger partial charge in [0.05, 0.1) is 12.0 Å². The molecule has 1 fully saturated rings. The molecule has 1 aromatic rings. The molecule has 1 saturated heterocycles. The van der Waals surface area contributed by atoms with Crippen LogP contribution in [0.1, 0.15) is 25.8 Å². The Hall–Kier alpha value is -1.58. The van der Waals surface area contributed by atoms with Crippen molar-refractivity contribution in [2.24, 2.45) is 0 Å². The van der Waals surface area contributed by atoms with Crippen LogP contribution in [0.4, 0.5) is 0 Å². The summed E-state index contributed by atoms with van der Waals surface area (Å²) in [7, 11) is 0. The number of ketones is 1. The van der Waals surface area contributed by atoms with Crippen LogP contribution < -0.4 is 0 Å². The molecule has 1 aliphatic heterocycles. The lowest BCUT2D eigenvalue weighted by atomic mass is 10.00. The Morgan fingerprint density at radius 2 is 2.31 bits per heavy atom. The third-order valence-corrected chi connectivity index (χ3v) is 3.24. The van der Waals surface area contributed by atoms with Crippen LogP contribution in [0.25, 0.3) is 0 Å². The van der Waals surface area contributed by atoms with Gasteiger partial charge in [-0.15, -0.1) is 0 Å². The molecule has 0 atom stereocenters. The molecule has 0 spiro atoms. The van der Waals surface area contributed by atoms with Gasteiger partial charge in [-0.25, -0.2) is 0 Å². The molecule has 16 heavy (non-hydrogen) atoms. The number of H-pyrrole nitrogens is 1. The molecule has 0 aromatic carbocycles. The number of carbonyl (C=O) groups is 2. The van der Waals surface area contributed by atoms with E-state index in [1.165, 1.54) is 0 Å². The maximum Gasteiger partial charge on any atom is 0.227 e. The number of amides is 1. The molecule has 4 nitrogen and oxygen atoms in total. The zero-order valence-corrected chi connectivity index (χ0v) is 9.62. The summed E-state index contributed by atoms with van der Waals surface area (Å²) in [6.45, 7) is 4.18. The SMILES string of the molecule is CC1(C)C(=O)CCN1C(=O)Cc1cc[nH]c1. The van der Waals surface area contributed by atoms with E-state index in [-0.39, 0.29) is 11.7 Å². The number of Topliss-reactive ketones (excluding diaryl/α,β-unsaturated/α-hetero) is 1. The minimum Gasteiger partial charge on any atom is -0.367 e. The van der Waals surface area contributed by atoms with Crippen LogP contribution in [0.5, 0.6) is 0 Å². The number of hydrogen-bond acceptors (Lipinski definition) is 2. The Balaban J connectivity index is 2.09. The number of rotatable bonds is 2. The average molecular weight is 220 g/mol. The molecule has 1 aliphatic rings. The van der Waals surface area contributed by atoms with Crippen LogP contribution in [0.15, 0.2) is 18.5 Å². The molecule has 0 bridgehead atoms. The average Bonchev–Trinajstić information content (AvgIpc) is 2.77. The van der Waals surface area contributed by atoms with E-state index in [1.807, 2.05) is 26.1 Å². The molecule has 1 N–H and O–H groups in total. The maximum absolute atomic E-state index is 12.0. The van der Waals surface area contributed by atoms with Crippen LogP contribution in [0.2, 0.25) is 0 Å². The molecular formula is C12H16N2O2. The van der Waals surface area contributed by atoms with E-state index in [2.05, 4.69) is 4.98 Å². The van der Waals surface area contributed by atoms with Gasteiger partial charge in [0.1, 0.15) is 0 Å². The van der Waals surface area contributed by atoms with Gasteiger partial charge in [0, 0.05) is 25.4 Å². The summed E-state index contributed by atoms with van der Waals surface area (Å²) in [5.41, 5.74) is 0.327. The monoisotopic (exact) mass is 220 g/mol. The largest absolute Gasteiger partial charge is 0.367 e. The minimum absolute atomic E-state index is 0.0236. The first-order valence-electron chi connectivity index (χ1n) is 5.47. The molecule has 86 valence electrons. The zero-order valence-electron chi connectivity index (χ0n) is 9.62. The van der Waals surface area contributed by atoms with Crippen molar-refractivity contribution in [2.45, 2.75) is 32.2 Å². The second-order valence-electron chi connectivity index (χ2n) is 4.67. The summed E-state index contributed by atoms with van der Waals surface area (Å²) in [6.07, 6.45) is 4.44. The number of nitrogens with one attached hydrogen (secondary N) is 1. The number of nitrogens with zero attached hydrogens (tertiary/aromatic N) is 1. The molecule has 2 rings (SSSR count). The number of aromatic amines is 1. The molecule has 0 unspecified atom stereocenters. The highest BCUT2D eigenvalue weighted by Gasteiger charge is 2.42. The van der Waals surface area contributed by atoms with Crippen molar-refractivity contribution in [2.75, 3.05) is 6.54 Å². The van der Waals surface area contributed by atoms with Gasteiger partial charge >= 0.3 is 0 Å². The predicted molar refractivity (Wildman–Crippen MR) is 59.9 cm³/mol. The summed E-state index contributed by atoms with van der Waals surface area (Å²) in [4.78, 5) is 28.2. The second kappa shape index (κ2) is 3.77. The normalized spacial score (nSPS) is 19.1. The van der Waals surface area contributed by atoms with Crippen molar-refractivity contribution < 1.29 is 9.59 Å². The standard InChI is InChI=1S/C12H16N2O2/c1-12(2)10(15)4-6-14(12)11(16)7-9-3-5-13-8-9/h3,5,8,13H,4,6-7H2,1-2H3. The van der Waals surface area contributed by atoms with Gasteiger partial charge in [-0.05, 0) is 25.5 Å². The third-order valence-electron chi connectivity index (χ3n) is 3.24. The van der Waals surface area contributed by atoms with E-state index < -0.39 is 5.54 Å². The van der Waals surface area contributed by atoms with Crippen molar-refractivity contribution in [1.29, 1.82) is 0 Å². The van der Waals surface area contributed by atoms with E-state index in [9.17, 15) is 9.59 Å². The van der Waals surface area contributed by atoms with Crippen molar-refractivity contribution in [1.82, 2.24) is 9.88 Å². The highest BCUT2D eigenvalue weighted by molar-refractivity contribution is 5.95. The Kier molecular flexibility index (Phi) is 2.58. The molecule has 2 heterocycles. The zero-order chi connectivity index (χ0) is 11.8. The summed E-state index contributed by atoms with van der Waals surface area (Å²) in [5, 5.41) is 0. The molecule has 4 heteroatoms. The number of aromatic nitrogens is 1. The fourth-order valence-electron chi connectivity index (χ4n) is 2.12. The lowest BCUT2D eigenvalue weighted by Gasteiger charge is -2.30. The van der Waals surface area contributed by atoms with Gasteiger partial charge in [-0.2, -0.15) is 0 Å². The van der Waals surface area contributed by atoms with E-state index >= 15 is 0 Å². The van der Waals surface area contributed by atoms with Gasteiger partial charge in [-0.3, -0.25) is 9.59 Å². The van der Waals surface area contributed by atoms with E-state index in [1.54, 1.807) is 11.1 Å². The smallest absolute Gasteiger partial charge is 0.227 e. The predicted octanol–water partition coefficient (Wildman–Crippen LogP) is 1.14. The molecule has 0 radical (unpaired) electrons. The summed E-state index contributed by atoms with van der Waals surface area (Å²) in [5.74, 6) is 0.172. The van der Waals surface area contributed by atoms with Crippen molar-refractivity contribution >= 4 is 11.7 Å². The lowest BCUT2D eigenvalue weighted by molar-refractivity contribution is -0.138. The molecular weight excluding hydrogens is 204 g/mol. The maximum atomic E-state index is 12.0. The Bertz CT molecular complexity index is 407. The number of likely N-dealkylation sites (tertiary alicyclic amines) is 1. The molecule has 0 aliphatic carbocycles. The highest BCUT2D eigenvalue weighted by atomic mass is 16.2. The van der Waals surface area contributed by atoms with Crippen LogP contribution in [-0.2, 0) is 16.0 Å². The van der Waals surface area contributed by atoms with Gasteiger partial charge in [0.2, 0.25) is 5.91 Å². The van der Waals surface area contributed by atoms with E-state index in [0.29, 0.717) is 19.4 Å². The van der Waals surface area contributed by atoms with Crippen LogP contribution >= 0.6 is 0 Å². The van der Waals surface area contributed by atoms with Crippen LogP contribution in [0, 0.1) is 0 Å². The summed E-state index contributed by atoms with van der Waals surface area (Å²) >= 11 is 0. The van der Waals surface area contributed by atoms with Gasteiger partial charge in [0.15, 0.2) is 5.78 Å². The van der Waals surface area contributed by atoms with E-state index in [0.717, 1.165) is 5.56 Å². The fraction of sp³-hybridized carbons (Fsp3) is 0.500. The van der Waals surface area contributed by atoms with Crippen molar-refractivity contribution in [3.63, 3.8) is 0 Å². The fourth-order valence-corrected chi connectivity index (χ4v) is 2.12. The molecule has 1 amide bonds. The number of carbonyl (C=O) groups excluding carboxylic acids is 2. The van der Waals surface area contributed by atoms with Crippen LogP contribution in [-0.4, -0.2) is 33.7 Å². The molecule has 0 saturated carbocycles. The topological polar surface area (TPSA) is 53.2 Å². The molecule has 1 aromatic heterocycles. The van der Waals surface area contributed by atoms with E-state index in [4.69, 9.17) is 0 Å². The first kappa shape index (κ1) is 10.9. The first-order valence-corrected chi connectivity index (χ1v) is 5.47. The third kappa shape index (κ3) is 1.75. The van der Waals surface area contributed by atoms with Gasteiger partial charge < -0.3 is 9.88 Å². The first-order chi connectivity index (χ1) is 7.51. The quantitative estimate of drug-likeness (QED) is 0.812. The lowest BCUT2D eigenvalue weighted by Crippen LogP contribution is -2.46. The second-order valence-corrected chi connectivity index (χ2v) is 4.67. The Labute approximate surface area is 94.6 Å². The van der Waals surface area contributed by atoms with Gasteiger partial charge in [-0.1, -0.05) is 0 Å². The van der Waals surface area contributed by atoms with Crippen LogP contribution in [0.3, 0.4) is 0 Å². The summed E-state index contributed by atoms with van der Waals surface area (Å²) in [6, 6.07) is 1.88. The highest BCUT2D eigenvalue weighted by Crippen LogP contribution is 2.25. The minimum atomic E-state index is -0.632. The Morgan fingerprint density at radius 1 is 1.56 bits per heavy atom.